The highest BCUT2D eigenvalue weighted by Gasteiger charge is 2.25. The predicted octanol–water partition coefficient (Wildman–Crippen LogP) is 2.48. The average Bonchev–Trinajstić information content (AvgIpc) is 3.23. The normalized spacial score (nSPS) is 15.2. The quantitative estimate of drug-likeness (QED) is 0.673. The Bertz CT molecular complexity index is 954. The van der Waals surface area contributed by atoms with Crippen molar-refractivity contribution in [3.63, 3.8) is 0 Å². The highest BCUT2D eigenvalue weighted by atomic mass is 16.2. The van der Waals surface area contributed by atoms with E-state index >= 15 is 0 Å². The standard InChI is InChI=1S/C19H24N6O/c1-11(2)25-16-7-5-4-6-15(16)22-18(25)12(3)21-19(26)17-13-10-20-9-8-14(13)23-24-17/h4-7,11-12,20H,8-10H2,1-3H3,(H,21,26)(H,23,24). The van der Waals surface area contributed by atoms with E-state index in [9.17, 15) is 4.79 Å². The molecule has 0 radical (unpaired) electrons. The van der Waals surface area contributed by atoms with Crippen LogP contribution < -0.4 is 10.6 Å². The molecule has 0 spiro atoms. The number of H-pyrrole nitrogens is 1. The van der Waals surface area contributed by atoms with Crippen LogP contribution in [0.4, 0.5) is 0 Å². The summed E-state index contributed by atoms with van der Waals surface area (Å²) in [7, 11) is 0. The number of carbonyl (C=O) groups excluding carboxylic acids is 1. The summed E-state index contributed by atoms with van der Waals surface area (Å²) in [6.07, 6.45) is 0.869. The van der Waals surface area contributed by atoms with E-state index in [2.05, 4.69) is 45.3 Å². The molecule has 3 heterocycles. The van der Waals surface area contributed by atoms with Crippen LogP contribution in [-0.2, 0) is 13.0 Å². The Morgan fingerprint density at radius 1 is 1.27 bits per heavy atom. The zero-order valence-electron chi connectivity index (χ0n) is 15.3. The molecule has 3 aromatic rings. The lowest BCUT2D eigenvalue weighted by Gasteiger charge is -2.19. The van der Waals surface area contributed by atoms with E-state index in [0.717, 1.165) is 41.1 Å². The fourth-order valence-electron chi connectivity index (χ4n) is 3.65. The summed E-state index contributed by atoms with van der Waals surface area (Å²) in [6.45, 7) is 7.80. The van der Waals surface area contributed by atoms with E-state index in [-0.39, 0.29) is 18.0 Å². The number of fused-ring (bicyclic) bond motifs is 2. The van der Waals surface area contributed by atoms with Crippen molar-refractivity contribution in [1.29, 1.82) is 0 Å². The topological polar surface area (TPSA) is 87.6 Å². The smallest absolute Gasteiger partial charge is 0.272 e. The van der Waals surface area contributed by atoms with Crippen LogP contribution in [0.15, 0.2) is 24.3 Å². The van der Waals surface area contributed by atoms with E-state index in [4.69, 9.17) is 4.98 Å². The molecule has 136 valence electrons. The fraction of sp³-hybridized carbons (Fsp3) is 0.421. The van der Waals surface area contributed by atoms with Gasteiger partial charge in [-0.3, -0.25) is 9.89 Å². The Labute approximate surface area is 152 Å². The highest BCUT2D eigenvalue weighted by Crippen LogP contribution is 2.25. The van der Waals surface area contributed by atoms with Crippen molar-refractivity contribution >= 4 is 16.9 Å². The number of hydrogen-bond acceptors (Lipinski definition) is 4. The van der Waals surface area contributed by atoms with Gasteiger partial charge < -0.3 is 15.2 Å². The van der Waals surface area contributed by atoms with Gasteiger partial charge in [0.1, 0.15) is 5.82 Å². The number of aromatic amines is 1. The Hall–Kier alpha value is -2.67. The van der Waals surface area contributed by atoms with Gasteiger partial charge in [0.15, 0.2) is 5.69 Å². The molecule has 1 aliphatic rings. The second-order valence-corrected chi connectivity index (χ2v) is 7.07. The number of aromatic nitrogens is 4. The van der Waals surface area contributed by atoms with E-state index in [1.165, 1.54) is 0 Å². The largest absolute Gasteiger partial charge is 0.341 e. The Morgan fingerprint density at radius 2 is 2.08 bits per heavy atom. The van der Waals surface area contributed by atoms with Crippen LogP contribution in [0.3, 0.4) is 0 Å². The number of para-hydroxylation sites is 2. The molecule has 7 nitrogen and oxygen atoms in total. The lowest BCUT2D eigenvalue weighted by molar-refractivity contribution is 0.0931. The Balaban J connectivity index is 1.63. The number of rotatable bonds is 4. The van der Waals surface area contributed by atoms with E-state index < -0.39 is 0 Å². The molecular weight excluding hydrogens is 328 g/mol. The SMILES string of the molecule is CC(NC(=O)c1n[nH]c2c1CNCC2)c1nc2ccccc2n1C(C)C. The first kappa shape index (κ1) is 16.8. The highest BCUT2D eigenvalue weighted by molar-refractivity contribution is 5.94. The summed E-state index contributed by atoms with van der Waals surface area (Å²) in [6, 6.07) is 8.09. The van der Waals surface area contributed by atoms with Crippen LogP contribution in [-0.4, -0.2) is 32.2 Å². The van der Waals surface area contributed by atoms with Gasteiger partial charge >= 0.3 is 0 Å². The third-order valence-electron chi connectivity index (χ3n) is 4.90. The number of benzene rings is 1. The molecule has 2 aromatic heterocycles. The number of imidazole rings is 1. The fourth-order valence-corrected chi connectivity index (χ4v) is 3.65. The van der Waals surface area contributed by atoms with Crippen molar-refractivity contribution in [2.24, 2.45) is 0 Å². The molecule has 1 aromatic carbocycles. The second kappa shape index (κ2) is 6.57. The van der Waals surface area contributed by atoms with E-state index in [0.29, 0.717) is 12.2 Å². The number of nitrogens with zero attached hydrogens (tertiary/aromatic N) is 3. The van der Waals surface area contributed by atoms with Gasteiger partial charge in [0.2, 0.25) is 0 Å². The first-order chi connectivity index (χ1) is 12.6. The molecule has 26 heavy (non-hydrogen) atoms. The molecule has 0 fully saturated rings. The zero-order chi connectivity index (χ0) is 18.3. The minimum absolute atomic E-state index is 0.166. The molecule has 0 aliphatic carbocycles. The van der Waals surface area contributed by atoms with Gasteiger partial charge in [-0.15, -0.1) is 0 Å². The van der Waals surface area contributed by atoms with Crippen LogP contribution in [0.5, 0.6) is 0 Å². The number of carbonyl (C=O) groups is 1. The van der Waals surface area contributed by atoms with Gasteiger partial charge in [-0.25, -0.2) is 4.98 Å². The van der Waals surface area contributed by atoms with Gasteiger partial charge in [0.05, 0.1) is 17.1 Å². The minimum atomic E-state index is -0.221. The summed E-state index contributed by atoms with van der Waals surface area (Å²) in [5.74, 6) is 0.693. The average molecular weight is 352 g/mol. The first-order valence-electron chi connectivity index (χ1n) is 9.10. The van der Waals surface area contributed by atoms with Gasteiger partial charge in [-0.2, -0.15) is 5.10 Å². The molecular formula is C19H24N6O. The number of nitrogens with one attached hydrogen (secondary N) is 3. The van der Waals surface area contributed by atoms with Crippen LogP contribution in [0.25, 0.3) is 11.0 Å². The van der Waals surface area contributed by atoms with Crippen molar-refractivity contribution in [2.45, 2.75) is 45.8 Å². The van der Waals surface area contributed by atoms with Crippen LogP contribution in [0, 0.1) is 0 Å². The molecule has 3 N–H and O–H groups in total. The number of amides is 1. The molecule has 4 rings (SSSR count). The van der Waals surface area contributed by atoms with Crippen LogP contribution in [0.1, 0.15) is 60.4 Å². The zero-order valence-corrected chi connectivity index (χ0v) is 15.3. The molecule has 0 saturated heterocycles. The summed E-state index contributed by atoms with van der Waals surface area (Å²) in [4.78, 5) is 17.6. The Morgan fingerprint density at radius 3 is 2.88 bits per heavy atom. The molecule has 7 heteroatoms. The second-order valence-electron chi connectivity index (χ2n) is 7.07. The number of hydrogen-bond donors (Lipinski definition) is 3. The van der Waals surface area contributed by atoms with E-state index in [1.807, 2.05) is 25.1 Å². The van der Waals surface area contributed by atoms with Crippen molar-refractivity contribution in [3.8, 4) is 0 Å². The van der Waals surface area contributed by atoms with Crippen molar-refractivity contribution < 1.29 is 4.79 Å². The lowest BCUT2D eigenvalue weighted by atomic mass is 10.1. The molecule has 1 amide bonds. The van der Waals surface area contributed by atoms with Crippen molar-refractivity contribution in [2.75, 3.05) is 6.54 Å². The summed E-state index contributed by atoms with van der Waals surface area (Å²) < 4.78 is 2.18. The molecule has 1 aliphatic heterocycles. The van der Waals surface area contributed by atoms with Gasteiger partial charge in [-0.1, -0.05) is 12.1 Å². The molecule has 1 atom stereocenters. The van der Waals surface area contributed by atoms with Gasteiger partial charge in [-0.05, 0) is 32.9 Å². The summed E-state index contributed by atoms with van der Waals surface area (Å²) in [5, 5.41) is 13.6. The summed E-state index contributed by atoms with van der Waals surface area (Å²) in [5.41, 5.74) is 4.53. The maximum absolute atomic E-state index is 12.8. The monoisotopic (exact) mass is 352 g/mol. The lowest BCUT2D eigenvalue weighted by Crippen LogP contribution is -2.31. The van der Waals surface area contributed by atoms with Gasteiger partial charge in [0, 0.05) is 36.8 Å². The molecule has 0 bridgehead atoms. The third kappa shape index (κ3) is 2.78. The van der Waals surface area contributed by atoms with E-state index in [1.54, 1.807) is 0 Å². The van der Waals surface area contributed by atoms with Gasteiger partial charge in [0.25, 0.3) is 5.91 Å². The van der Waals surface area contributed by atoms with Crippen LogP contribution >= 0.6 is 0 Å². The summed E-state index contributed by atoms with van der Waals surface area (Å²) >= 11 is 0. The first-order valence-corrected chi connectivity index (χ1v) is 9.10. The predicted molar refractivity (Wildman–Crippen MR) is 100.0 cm³/mol. The van der Waals surface area contributed by atoms with Crippen LogP contribution in [0.2, 0.25) is 0 Å². The van der Waals surface area contributed by atoms with Crippen molar-refractivity contribution in [1.82, 2.24) is 30.4 Å². The molecule has 1 unspecified atom stereocenters. The maximum Gasteiger partial charge on any atom is 0.272 e. The Kier molecular flexibility index (Phi) is 4.24. The maximum atomic E-state index is 12.8. The van der Waals surface area contributed by atoms with Crippen molar-refractivity contribution in [3.05, 3.63) is 47.0 Å². The third-order valence-corrected chi connectivity index (χ3v) is 4.90. The molecule has 0 saturated carbocycles. The minimum Gasteiger partial charge on any atom is -0.341 e.